The van der Waals surface area contributed by atoms with Gasteiger partial charge in [0.1, 0.15) is 10.6 Å². The Bertz CT molecular complexity index is 963. The van der Waals surface area contributed by atoms with Crippen LogP contribution in [0.4, 0.5) is 5.69 Å². The molecule has 0 radical (unpaired) electrons. The topological polar surface area (TPSA) is 99.5 Å². The quantitative estimate of drug-likeness (QED) is 0.787. The van der Waals surface area contributed by atoms with E-state index in [1.807, 2.05) is 13.0 Å². The van der Waals surface area contributed by atoms with Gasteiger partial charge in [-0.05, 0) is 37.3 Å². The molecule has 0 aliphatic heterocycles. The standard InChI is InChI=1S/C19H21N3O4S/c1-14-5-8-16(9-6-14)21-27(24,25)18-13-15(7-10-17(18)26-3)19(23)22(2)12-4-11-20/h5-10,13,21H,4,12H2,1-3H3. The molecule has 0 saturated carbocycles. The molecule has 0 bridgehead atoms. The third-order valence-electron chi connectivity index (χ3n) is 3.91. The molecule has 0 fully saturated rings. The summed E-state index contributed by atoms with van der Waals surface area (Å²) in [6.07, 6.45) is 0.193. The molecular weight excluding hydrogens is 366 g/mol. The van der Waals surface area contributed by atoms with Gasteiger partial charge >= 0.3 is 0 Å². The predicted octanol–water partition coefficient (Wildman–Crippen LogP) is 2.79. The summed E-state index contributed by atoms with van der Waals surface area (Å²) < 4.78 is 33.3. The molecule has 0 aliphatic carbocycles. The molecule has 1 amide bonds. The van der Waals surface area contributed by atoms with E-state index in [1.54, 1.807) is 31.3 Å². The van der Waals surface area contributed by atoms with Gasteiger partial charge in [-0.1, -0.05) is 17.7 Å². The first-order valence-corrected chi connectivity index (χ1v) is 9.66. The van der Waals surface area contributed by atoms with Crippen molar-refractivity contribution in [3.63, 3.8) is 0 Å². The number of aryl methyl sites for hydroxylation is 1. The van der Waals surface area contributed by atoms with Crippen LogP contribution in [0.2, 0.25) is 0 Å². The number of rotatable bonds is 7. The van der Waals surface area contributed by atoms with E-state index < -0.39 is 10.0 Å². The third-order valence-corrected chi connectivity index (χ3v) is 5.31. The Morgan fingerprint density at radius 3 is 2.48 bits per heavy atom. The number of benzene rings is 2. The van der Waals surface area contributed by atoms with Crippen molar-refractivity contribution in [1.82, 2.24) is 4.90 Å². The van der Waals surface area contributed by atoms with Crippen LogP contribution in [0.1, 0.15) is 22.3 Å². The average Bonchev–Trinajstić information content (AvgIpc) is 2.66. The number of hydrogen-bond donors (Lipinski definition) is 1. The summed E-state index contributed by atoms with van der Waals surface area (Å²) in [7, 11) is -1.05. The normalized spacial score (nSPS) is 10.7. The summed E-state index contributed by atoms with van der Waals surface area (Å²) in [5.41, 5.74) is 1.61. The maximum Gasteiger partial charge on any atom is 0.265 e. The van der Waals surface area contributed by atoms with E-state index in [-0.39, 0.29) is 35.1 Å². The Morgan fingerprint density at radius 2 is 1.89 bits per heavy atom. The zero-order valence-corrected chi connectivity index (χ0v) is 16.2. The van der Waals surface area contributed by atoms with Crippen LogP contribution >= 0.6 is 0 Å². The highest BCUT2D eigenvalue weighted by molar-refractivity contribution is 7.92. The van der Waals surface area contributed by atoms with E-state index >= 15 is 0 Å². The van der Waals surface area contributed by atoms with Crippen LogP contribution in [0.25, 0.3) is 0 Å². The number of anilines is 1. The zero-order valence-electron chi connectivity index (χ0n) is 15.4. The number of hydrogen-bond acceptors (Lipinski definition) is 5. The summed E-state index contributed by atoms with van der Waals surface area (Å²) in [5.74, 6) is -0.245. The largest absolute Gasteiger partial charge is 0.495 e. The van der Waals surface area contributed by atoms with Crippen molar-refractivity contribution in [2.24, 2.45) is 0 Å². The Balaban J connectivity index is 2.37. The van der Waals surface area contributed by atoms with Crippen molar-refractivity contribution in [3.8, 4) is 11.8 Å². The lowest BCUT2D eigenvalue weighted by atomic mass is 10.2. The number of ether oxygens (including phenoxy) is 1. The summed E-state index contributed by atoms with van der Waals surface area (Å²) in [4.78, 5) is 13.7. The monoisotopic (exact) mass is 387 g/mol. The van der Waals surface area contributed by atoms with Gasteiger partial charge in [-0.15, -0.1) is 0 Å². The van der Waals surface area contributed by atoms with Crippen molar-refractivity contribution in [2.75, 3.05) is 25.4 Å². The summed E-state index contributed by atoms with van der Waals surface area (Å²) >= 11 is 0. The first kappa shape index (κ1) is 20.3. The van der Waals surface area contributed by atoms with Crippen LogP contribution in [-0.2, 0) is 10.0 Å². The number of nitrogens with zero attached hydrogens (tertiary/aromatic N) is 2. The molecule has 142 valence electrons. The van der Waals surface area contributed by atoms with E-state index in [0.717, 1.165) is 5.56 Å². The minimum absolute atomic E-state index is 0.130. The lowest BCUT2D eigenvalue weighted by molar-refractivity contribution is 0.0797. The highest BCUT2D eigenvalue weighted by Gasteiger charge is 2.23. The van der Waals surface area contributed by atoms with Crippen LogP contribution in [0.5, 0.6) is 5.75 Å². The van der Waals surface area contributed by atoms with Crippen molar-refractivity contribution in [1.29, 1.82) is 5.26 Å². The smallest absolute Gasteiger partial charge is 0.265 e. The second-order valence-electron chi connectivity index (χ2n) is 5.97. The minimum atomic E-state index is -3.97. The molecule has 1 N–H and O–H groups in total. The van der Waals surface area contributed by atoms with Crippen LogP contribution in [0.15, 0.2) is 47.4 Å². The van der Waals surface area contributed by atoms with Gasteiger partial charge in [0.25, 0.3) is 15.9 Å². The molecule has 2 aromatic carbocycles. The molecule has 0 saturated heterocycles. The number of carbonyl (C=O) groups is 1. The fourth-order valence-corrected chi connectivity index (χ4v) is 3.65. The molecular formula is C19H21N3O4S. The molecule has 0 heterocycles. The summed E-state index contributed by atoms with van der Waals surface area (Å²) in [6.45, 7) is 2.16. The van der Waals surface area contributed by atoms with E-state index in [2.05, 4.69) is 4.72 Å². The number of nitrogens with one attached hydrogen (secondary N) is 1. The maximum absolute atomic E-state index is 12.8. The number of sulfonamides is 1. The predicted molar refractivity (Wildman–Crippen MR) is 102 cm³/mol. The zero-order chi connectivity index (χ0) is 20.0. The van der Waals surface area contributed by atoms with Gasteiger partial charge in [0.2, 0.25) is 0 Å². The molecule has 2 rings (SSSR count). The second kappa shape index (κ2) is 8.56. The van der Waals surface area contributed by atoms with E-state index in [1.165, 1.54) is 30.2 Å². The molecule has 0 aliphatic rings. The first-order valence-electron chi connectivity index (χ1n) is 8.18. The van der Waals surface area contributed by atoms with Gasteiger partial charge in [-0.25, -0.2) is 8.42 Å². The van der Waals surface area contributed by atoms with Crippen molar-refractivity contribution < 1.29 is 17.9 Å². The highest BCUT2D eigenvalue weighted by Crippen LogP contribution is 2.27. The van der Waals surface area contributed by atoms with Gasteiger partial charge in [0.05, 0.1) is 19.6 Å². The van der Waals surface area contributed by atoms with Crippen molar-refractivity contribution in [2.45, 2.75) is 18.2 Å². The van der Waals surface area contributed by atoms with Crippen LogP contribution in [0, 0.1) is 18.3 Å². The SMILES string of the molecule is COc1ccc(C(=O)N(C)CCC#N)cc1S(=O)(=O)Nc1ccc(C)cc1. The Morgan fingerprint density at radius 1 is 1.22 bits per heavy atom. The number of methoxy groups -OCH3 is 1. The fraction of sp³-hybridized carbons (Fsp3) is 0.263. The van der Waals surface area contributed by atoms with Gasteiger partial charge in [0, 0.05) is 24.8 Å². The van der Waals surface area contributed by atoms with Crippen LogP contribution < -0.4 is 9.46 Å². The molecule has 0 spiro atoms. The molecule has 0 aromatic heterocycles. The Kier molecular flexibility index (Phi) is 6.42. The van der Waals surface area contributed by atoms with Gasteiger partial charge < -0.3 is 9.64 Å². The van der Waals surface area contributed by atoms with Crippen LogP contribution in [-0.4, -0.2) is 39.9 Å². The molecule has 27 heavy (non-hydrogen) atoms. The number of carbonyl (C=O) groups excluding carboxylic acids is 1. The van der Waals surface area contributed by atoms with Crippen LogP contribution in [0.3, 0.4) is 0 Å². The van der Waals surface area contributed by atoms with Gasteiger partial charge in [-0.3, -0.25) is 9.52 Å². The molecule has 0 unspecified atom stereocenters. The van der Waals surface area contributed by atoms with Crippen molar-refractivity contribution in [3.05, 3.63) is 53.6 Å². The second-order valence-corrected chi connectivity index (χ2v) is 7.62. The molecule has 7 nitrogen and oxygen atoms in total. The van der Waals surface area contributed by atoms with E-state index in [9.17, 15) is 13.2 Å². The first-order chi connectivity index (χ1) is 12.8. The molecule has 8 heteroatoms. The molecule has 2 aromatic rings. The molecule has 0 atom stereocenters. The van der Waals surface area contributed by atoms with E-state index in [0.29, 0.717) is 5.69 Å². The number of amides is 1. The average molecular weight is 387 g/mol. The summed E-state index contributed by atoms with van der Waals surface area (Å²) in [5, 5.41) is 8.65. The Hall–Kier alpha value is -3.05. The number of nitriles is 1. The third kappa shape index (κ3) is 4.99. The van der Waals surface area contributed by atoms with Crippen molar-refractivity contribution >= 4 is 21.6 Å². The minimum Gasteiger partial charge on any atom is -0.495 e. The van der Waals surface area contributed by atoms with Gasteiger partial charge in [0.15, 0.2) is 0 Å². The summed E-state index contributed by atoms with van der Waals surface area (Å²) in [6, 6.07) is 13.1. The lowest BCUT2D eigenvalue weighted by Crippen LogP contribution is -2.28. The maximum atomic E-state index is 12.8. The van der Waals surface area contributed by atoms with Gasteiger partial charge in [-0.2, -0.15) is 5.26 Å². The fourth-order valence-electron chi connectivity index (χ4n) is 2.39. The van der Waals surface area contributed by atoms with E-state index in [4.69, 9.17) is 10.00 Å². The highest BCUT2D eigenvalue weighted by atomic mass is 32.2. The Labute approximate surface area is 159 Å². The lowest BCUT2D eigenvalue weighted by Gasteiger charge is -2.17.